The molecule has 0 spiro atoms. The van der Waals surface area contributed by atoms with Crippen molar-refractivity contribution in [2.75, 3.05) is 12.8 Å². The van der Waals surface area contributed by atoms with Gasteiger partial charge in [0.05, 0.1) is 13.5 Å². The molecule has 2 aromatic rings. The van der Waals surface area contributed by atoms with Gasteiger partial charge < -0.3 is 15.6 Å². The number of hydrogen-bond acceptors (Lipinski definition) is 6. The molecule has 1 atom stereocenters. The van der Waals surface area contributed by atoms with Crippen molar-refractivity contribution >= 4 is 11.8 Å². The first-order chi connectivity index (χ1) is 11.0. The average molecular weight is 312 g/mol. The molecule has 23 heavy (non-hydrogen) atoms. The fraction of sp³-hybridized carbons (Fsp3) is 0.250. The lowest BCUT2D eigenvalue weighted by atomic mass is 9.96. The van der Waals surface area contributed by atoms with Crippen LogP contribution in [0.2, 0.25) is 0 Å². The van der Waals surface area contributed by atoms with E-state index in [0.717, 1.165) is 0 Å². The molecule has 1 unspecified atom stereocenters. The van der Waals surface area contributed by atoms with Crippen LogP contribution in [0.5, 0.6) is 5.88 Å². The zero-order valence-electron chi connectivity index (χ0n) is 12.8. The van der Waals surface area contributed by atoms with Crippen LogP contribution in [0.3, 0.4) is 0 Å². The third-order valence-corrected chi connectivity index (χ3v) is 3.42. The van der Waals surface area contributed by atoms with Crippen LogP contribution >= 0.6 is 0 Å². The zero-order valence-corrected chi connectivity index (χ0v) is 12.8. The van der Waals surface area contributed by atoms with Crippen LogP contribution in [-0.2, 0) is 4.79 Å². The molecule has 0 aliphatic heterocycles. The van der Waals surface area contributed by atoms with Gasteiger partial charge in [-0.1, -0.05) is 6.92 Å². The Morgan fingerprint density at radius 2 is 2.26 bits per heavy atom. The number of carboxylic acids is 1. The van der Waals surface area contributed by atoms with Crippen molar-refractivity contribution in [1.82, 2.24) is 9.97 Å². The number of carbonyl (C=O) groups is 1. The minimum Gasteiger partial charge on any atom is -0.481 e. The van der Waals surface area contributed by atoms with Crippen LogP contribution in [0, 0.1) is 11.3 Å². The highest BCUT2D eigenvalue weighted by Gasteiger charge is 2.18. The molecule has 0 saturated heterocycles. The highest BCUT2D eigenvalue weighted by atomic mass is 16.5. The van der Waals surface area contributed by atoms with Crippen LogP contribution in [0.25, 0.3) is 11.1 Å². The van der Waals surface area contributed by atoms with Crippen molar-refractivity contribution in [3.63, 3.8) is 0 Å². The van der Waals surface area contributed by atoms with Gasteiger partial charge in [-0.15, -0.1) is 0 Å². The predicted octanol–water partition coefficient (Wildman–Crippen LogP) is 2.18. The summed E-state index contributed by atoms with van der Waals surface area (Å²) in [4.78, 5) is 19.2. The first-order valence-corrected chi connectivity index (χ1v) is 6.89. The number of rotatable bonds is 5. The minimum atomic E-state index is -0.921. The number of nitrogens with two attached hydrogens (primary N) is 1. The van der Waals surface area contributed by atoms with Crippen LogP contribution in [0.4, 0.5) is 5.82 Å². The summed E-state index contributed by atoms with van der Waals surface area (Å²) in [6.45, 7) is 1.75. The lowest BCUT2D eigenvalue weighted by molar-refractivity contribution is -0.137. The van der Waals surface area contributed by atoms with Crippen LogP contribution < -0.4 is 10.5 Å². The van der Waals surface area contributed by atoms with E-state index in [1.807, 2.05) is 6.07 Å². The van der Waals surface area contributed by atoms with E-state index in [4.69, 9.17) is 15.6 Å². The first-order valence-electron chi connectivity index (χ1n) is 6.89. The molecule has 0 radical (unpaired) electrons. The number of aliphatic carboxylic acids is 1. The zero-order chi connectivity index (χ0) is 17.0. The van der Waals surface area contributed by atoms with Crippen molar-refractivity contribution in [1.29, 1.82) is 5.26 Å². The van der Waals surface area contributed by atoms with Crippen LogP contribution in [0.15, 0.2) is 24.4 Å². The van der Waals surface area contributed by atoms with E-state index in [1.165, 1.54) is 7.11 Å². The number of carboxylic acid groups (broad SMARTS) is 1. The Bertz CT molecular complexity index is 766. The van der Waals surface area contributed by atoms with Gasteiger partial charge in [0, 0.05) is 35.0 Å². The summed E-state index contributed by atoms with van der Waals surface area (Å²) in [6.07, 6.45) is 1.50. The molecule has 7 heteroatoms. The van der Waals surface area contributed by atoms with Crippen molar-refractivity contribution in [3.8, 4) is 23.1 Å². The SMILES string of the molecule is COc1ccc(-c2cc(C(C)CC(=O)O)nc(N)c2C#N)cn1. The van der Waals surface area contributed by atoms with Gasteiger partial charge >= 0.3 is 5.97 Å². The van der Waals surface area contributed by atoms with E-state index in [0.29, 0.717) is 22.7 Å². The molecule has 3 N–H and O–H groups in total. The molecule has 0 aromatic carbocycles. The molecular formula is C16H16N4O3. The maximum Gasteiger partial charge on any atom is 0.304 e. The lowest BCUT2D eigenvalue weighted by Gasteiger charge is -2.13. The fourth-order valence-corrected chi connectivity index (χ4v) is 2.21. The molecule has 0 fully saturated rings. The van der Waals surface area contributed by atoms with Crippen molar-refractivity contribution < 1.29 is 14.6 Å². The molecule has 0 amide bonds. The number of anilines is 1. The Hall–Kier alpha value is -3.14. The molecule has 0 saturated carbocycles. The van der Waals surface area contributed by atoms with Gasteiger partial charge in [-0.05, 0) is 12.1 Å². The Labute approximate surface area is 133 Å². The van der Waals surface area contributed by atoms with Crippen LogP contribution in [-0.4, -0.2) is 28.2 Å². The number of pyridine rings is 2. The predicted molar refractivity (Wildman–Crippen MR) is 83.8 cm³/mol. The first kappa shape index (κ1) is 16.2. The average Bonchev–Trinajstić information content (AvgIpc) is 2.53. The lowest BCUT2D eigenvalue weighted by Crippen LogP contribution is -2.08. The third kappa shape index (κ3) is 3.55. The molecule has 7 nitrogen and oxygen atoms in total. The largest absolute Gasteiger partial charge is 0.481 e. The van der Waals surface area contributed by atoms with Crippen molar-refractivity contribution in [2.24, 2.45) is 0 Å². The van der Waals surface area contributed by atoms with E-state index in [9.17, 15) is 10.1 Å². The molecule has 0 aliphatic carbocycles. The molecule has 2 aromatic heterocycles. The van der Waals surface area contributed by atoms with E-state index in [1.54, 1.807) is 31.3 Å². The summed E-state index contributed by atoms with van der Waals surface area (Å²) in [5, 5.41) is 18.3. The number of nitriles is 1. The van der Waals surface area contributed by atoms with Crippen molar-refractivity contribution in [3.05, 3.63) is 35.7 Å². The molecule has 0 aliphatic rings. The maximum absolute atomic E-state index is 10.9. The highest BCUT2D eigenvalue weighted by Crippen LogP contribution is 2.30. The number of ether oxygens (including phenoxy) is 1. The monoisotopic (exact) mass is 312 g/mol. The summed E-state index contributed by atoms with van der Waals surface area (Å²) in [6, 6.07) is 7.15. The second kappa shape index (κ2) is 6.75. The van der Waals surface area contributed by atoms with Crippen molar-refractivity contribution in [2.45, 2.75) is 19.3 Å². The molecule has 2 rings (SSSR count). The second-order valence-electron chi connectivity index (χ2n) is 5.05. The highest BCUT2D eigenvalue weighted by molar-refractivity contribution is 5.76. The maximum atomic E-state index is 10.9. The summed E-state index contributed by atoms with van der Waals surface area (Å²) in [7, 11) is 1.51. The van der Waals surface area contributed by atoms with E-state index in [-0.39, 0.29) is 23.7 Å². The normalized spacial score (nSPS) is 11.5. The van der Waals surface area contributed by atoms with Gasteiger partial charge in [0.1, 0.15) is 17.5 Å². The van der Waals surface area contributed by atoms with Gasteiger partial charge in [0.25, 0.3) is 0 Å². The number of nitrogens with zero attached hydrogens (tertiary/aromatic N) is 3. The summed E-state index contributed by atoms with van der Waals surface area (Å²) < 4.78 is 5.01. The van der Waals surface area contributed by atoms with E-state index >= 15 is 0 Å². The van der Waals surface area contributed by atoms with E-state index in [2.05, 4.69) is 9.97 Å². The van der Waals surface area contributed by atoms with E-state index < -0.39 is 5.97 Å². The Morgan fingerprint density at radius 1 is 1.52 bits per heavy atom. The van der Waals surface area contributed by atoms with Gasteiger partial charge in [-0.25, -0.2) is 9.97 Å². The van der Waals surface area contributed by atoms with Gasteiger partial charge in [0.2, 0.25) is 5.88 Å². The molecule has 2 heterocycles. The Morgan fingerprint density at radius 3 is 2.78 bits per heavy atom. The minimum absolute atomic E-state index is 0.0708. The second-order valence-corrected chi connectivity index (χ2v) is 5.05. The van der Waals surface area contributed by atoms with Crippen LogP contribution in [0.1, 0.15) is 30.5 Å². The third-order valence-electron chi connectivity index (χ3n) is 3.42. The number of methoxy groups -OCH3 is 1. The smallest absolute Gasteiger partial charge is 0.304 e. The number of hydrogen-bond donors (Lipinski definition) is 2. The van der Waals surface area contributed by atoms with Gasteiger partial charge in [-0.3, -0.25) is 4.79 Å². The summed E-state index contributed by atoms with van der Waals surface area (Å²) in [5.41, 5.74) is 7.88. The molecule has 118 valence electrons. The quantitative estimate of drug-likeness (QED) is 0.867. The Kier molecular flexibility index (Phi) is 4.76. The molecule has 0 bridgehead atoms. The number of nitrogen functional groups attached to an aromatic ring is 1. The topological polar surface area (TPSA) is 122 Å². The molecular weight excluding hydrogens is 296 g/mol. The Balaban J connectivity index is 2.53. The fourth-order valence-electron chi connectivity index (χ4n) is 2.21. The number of aromatic nitrogens is 2. The van der Waals surface area contributed by atoms with Gasteiger partial charge in [0.15, 0.2) is 0 Å². The summed E-state index contributed by atoms with van der Waals surface area (Å²) >= 11 is 0. The standard InChI is InChI=1S/C16H16N4O3/c1-9(5-15(21)22)13-6-11(12(7-17)16(18)20-13)10-3-4-14(23-2)19-8-10/h3-4,6,8-9H,5H2,1-2H3,(H2,18,20)(H,21,22). The summed E-state index contributed by atoms with van der Waals surface area (Å²) in [5.74, 6) is -0.718. The van der Waals surface area contributed by atoms with Gasteiger partial charge in [-0.2, -0.15) is 5.26 Å².